The summed E-state index contributed by atoms with van der Waals surface area (Å²) in [6.07, 6.45) is 0.716. The molecule has 3 heteroatoms. The summed E-state index contributed by atoms with van der Waals surface area (Å²) in [4.78, 5) is 0. The fourth-order valence-electron chi connectivity index (χ4n) is 1.07. The standard InChI is InChI=1S/C10H12F2O/c1-7(13)2-3-8-4-5-9(11)10(12)6-8/h4-7,13H,2-3H2,1H3/t7-/m0/s1. The summed E-state index contributed by atoms with van der Waals surface area (Å²) in [6.45, 7) is 1.67. The Balaban J connectivity index is 2.63. The third-order valence-electron chi connectivity index (χ3n) is 1.83. The van der Waals surface area contributed by atoms with E-state index in [1.807, 2.05) is 0 Å². The number of aliphatic hydroxyl groups is 1. The monoisotopic (exact) mass is 186 g/mol. The maximum Gasteiger partial charge on any atom is 0.159 e. The Morgan fingerprint density at radius 3 is 2.54 bits per heavy atom. The Morgan fingerprint density at radius 2 is 2.00 bits per heavy atom. The Bertz CT molecular complexity index is 284. The van der Waals surface area contributed by atoms with Crippen molar-refractivity contribution in [2.75, 3.05) is 0 Å². The lowest BCUT2D eigenvalue weighted by Gasteiger charge is -2.04. The highest BCUT2D eigenvalue weighted by molar-refractivity contribution is 5.17. The number of halogens is 2. The van der Waals surface area contributed by atoms with Gasteiger partial charge < -0.3 is 5.11 Å². The molecule has 1 nitrogen and oxygen atoms in total. The topological polar surface area (TPSA) is 20.2 Å². The Morgan fingerprint density at radius 1 is 1.31 bits per heavy atom. The van der Waals surface area contributed by atoms with Crippen molar-refractivity contribution in [3.63, 3.8) is 0 Å². The Kier molecular flexibility index (Phi) is 3.37. The lowest BCUT2D eigenvalue weighted by Crippen LogP contribution is -2.01. The average molecular weight is 186 g/mol. The molecular weight excluding hydrogens is 174 g/mol. The van der Waals surface area contributed by atoms with Crippen LogP contribution in [0, 0.1) is 11.6 Å². The van der Waals surface area contributed by atoms with E-state index >= 15 is 0 Å². The van der Waals surface area contributed by atoms with Crippen molar-refractivity contribution in [1.29, 1.82) is 0 Å². The Labute approximate surface area is 76.0 Å². The van der Waals surface area contributed by atoms with Crippen LogP contribution < -0.4 is 0 Å². The van der Waals surface area contributed by atoms with Crippen LogP contribution in [0.25, 0.3) is 0 Å². The largest absolute Gasteiger partial charge is 0.393 e. The molecule has 0 amide bonds. The van der Waals surface area contributed by atoms with Crippen LogP contribution in [0.5, 0.6) is 0 Å². The summed E-state index contributed by atoms with van der Waals surface area (Å²) < 4.78 is 25.1. The smallest absolute Gasteiger partial charge is 0.159 e. The molecule has 0 aromatic heterocycles. The molecule has 72 valence electrons. The zero-order valence-corrected chi connectivity index (χ0v) is 7.43. The molecule has 0 heterocycles. The van der Waals surface area contributed by atoms with Crippen molar-refractivity contribution >= 4 is 0 Å². The van der Waals surface area contributed by atoms with Crippen LogP contribution in [-0.2, 0) is 6.42 Å². The van der Waals surface area contributed by atoms with Gasteiger partial charge in [-0.1, -0.05) is 6.07 Å². The van der Waals surface area contributed by atoms with Gasteiger partial charge in [-0.25, -0.2) is 8.78 Å². The van der Waals surface area contributed by atoms with E-state index in [0.29, 0.717) is 18.4 Å². The minimum absolute atomic E-state index is 0.409. The van der Waals surface area contributed by atoms with Gasteiger partial charge in [0.2, 0.25) is 0 Å². The van der Waals surface area contributed by atoms with Crippen LogP contribution in [0.4, 0.5) is 8.78 Å². The van der Waals surface area contributed by atoms with E-state index in [-0.39, 0.29) is 0 Å². The third-order valence-corrected chi connectivity index (χ3v) is 1.83. The van der Waals surface area contributed by atoms with Gasteiger partial charge in [0.1, 0.15) is 0 Å². The first-order valence-electron chi connectivity index (χ1n) is 4.21. The summed E-state index contributed by atoms with van der Waals surface area (Å²) >= 11 is 0. The summed E-state index contributed by atoms with van der Waals surface area (Å²) in [5.41, 5.74) is 0.708. The molecule has 1 atom stereocenters. The molecule has 0 fully saturated rings. The van der Waals surface area contributed by atoms with Crippen LogP contribution >= 0.6 is 0 Å². The van der Waals surface area contributed by atoms with E-state index in [0.717, 1.165) is 12.1 Å². The number of benzene rings is 1. The summed E-state index contributed by atoms with van der Waals surface area (Å²) in [6, 6.07) is 3.80. The summed E-state index contributed by atoms with van der Waals surface area (Å²) in [5.74, 6) is -1.66. The second-order valence-corrected chi connectivity index (χ2v) is 3.14. The quantitative estimate of drug-likeness (QED) is 0.767. The predicted molar refractivity (Wildman–Crippen MR) is 46.4 cm³/mol. The second-order valence-electron chi connectivity index (χ2n) is 3.14. The lowest BCUT2D eigenvalue weighted by molar-refractivity contribution is 0.185. The van der Waals surface area contributed by atoms with Gasteiger partial charge in [-0.15, -0.1) is 0 Å². The van der Waals surface area contributed by atoms with Crippen LogP contribution in [0.2, 0.25) is 0 Å². The van der Waals surface area contributed by atoms with E-state index in [1.165, 1.54) is 6.07 Å². The number of hydrogen-bond donors (Lipinski definition) is 1. The highest BCUT2D eigenvalue weighted by Crippen LogP contribution is 2.11. The van der Waals surface area contributed by atoms with Gasteiger partial charge in [0, 0.05) is 0 Å². The molecule has 0 unspecified atom stereocenters. The van der Waals surface area contributed by atoms with Crippen molar-refractivity contribution < 1.29 is 13.9 Å². The third kappa shape index (κ3) is 3.11. The van der Waals surface area contributed by atoms with E-state index < -0.39 is 17.7 Å². The molecule has 1 aromatic rings. The number of aliphatic hydroxyl groups excluding tert-OH is 1. The van der Waals surface area contributed by atoms with Crippen LogP contribution in [-0.4, -0.2) is 11.2 Å². The summed E-state index contributed by atoms with van der Waals surface area (Å²) in [5, 5.41) is 8.97. The molecule has 1 rings (SSSR count). The second kappa shape index (κ2) is 4.33. The summed E-state index contributed by atoms with van der Waals surface area (Å²) in [7, 11) is 0. The van der Waals surface area contributed by atoms with Gasteiger partial charge in [-0.3, -0.25) is 0 Å². The fourth-order valence-corrected chi connectivity index (χ4v) is 1.07. The van der Waals surface area contributed by atoms with Crippen molar-refractivity contribution in [3.8, 4) is 0 Å². The first-order chi connectivity index (χ1) is 6.09. The van der Waals surface area contributed by atoms with Gasteiger partial charge in [0.05, 0.1) is 6.10 Å². The van der Waals surface area contributed by atoms with Gasteiger partial charge in [-0.2, -0.15) is 0 Å². The zero-order valence-electron chi connectivity index (χ0n) is 7.43. The number of rotatable bonds is 3. The number of aryl methyl sites for hydroxylation is 1. The normalized spacial score (nSPS) is 12.9. The zero-order chi connectivity index (χ0) is 9.84. The van der Waals surface area contributed by atoms with Gasteiger partial charge in [0.25, 0.3) is 0 Å². The molecule has 0 saturated heterocycles. The molecule has 0 spiro atoms. The van der Waals surface area contributed by atoms with Crippen molar-refractivity contribution in [2.45, 2.75) is 25.9 Å². The van der Waals surface area contributed by atoms with Gasteiger partial charge in [0.15, 0.2) is 11.6 Å². The molecule has 1 aromatic carbocycles. The average Bonchev–Trinajstić information content (AvgIpc) is 2.07. The maximum absolute atomic E-state index is 12.7. The molecule has 0 radical (unpaired) electrons. The lowest BCUT2D eigenvalue weighted by atomic mass is 10.1. The van der Waals surface area contributed by atoms with Crippen LogP contribution in [0.15, 0.2) is 18.2 Å². The van der Waals surface area contributed by atoms with Crippen molar-refractivity contribution in [3.05, 3.63) is 35.4 Å². The number of hydrogen-bond acceptors (Lipinski definition) is 1. The van der Waals surface area contributed by atoms with E-state index in [1.54, 1.807) is 6.92 Å². The van der Waals surface area contributed by atoms with Crippen LogP contribution in [0.3, 0.4) is 0 Å². The van der Waals surface area contributed by atoms with E-state index in [9.17, 15) is 8.78 Å². The predicted octanol–water partition coefficient (Wildman–Crippen LogP) is 2.28. The maximum atomic E-state index is 12.7. The molecule has 0 saturated carbocycles. The van der Waals surface area contributed by atoms with Crippen molar-refractivity contribution in [1.82, 2.24) is 0 Å². The fraction of sp³-hybridized carbons (Fsp3) is 0.400. The first kappa shape index (κ1) is 10.1. The first-order valence-corrected chi connectivity index (χ1v) is 4.21. The molecule has 0 bridgehead atoms. The SMILES string of the molecule is C[C@H](O)CCc1ccc(F)c(F)c1. The molecule has 0 aliphatic rings. The molecular formula is C10H12F2O. The highest BCUT2D eigenvalue weighted by atomic mass is 19.2. The molecule has 1 N–H and O–H groups in total. The minimum atomic E-state index is -0.833. The van der Waals surface area contributed by atoms with Crippen LogP contribution in [0.1, 0.15) is 18.9 Å². The molecule has 0 aliphatic carbocycles. The van der Waals surface area contributed by atoms with E-state index in [4.69, 9.17) is 5.11 Å². The van der Waals surface area contributed by atoms with E-state index in [2.05, 4.69) is 0 Å². The minimum Gasteiger partial charge on any atom is -0.393 e. The van der Waals surface area contributed by atoms with Gasteiger partial charge in [-0.05, 0) is 37.5 Å². The molecule has 13 heavy (non-hydrogen) atoms. The highest BCUT2D eigenvalue weighted by Gasteiger charge is 2.03. The van der Waals surface area contributed by atoms with Crippen molar-refractivity contribution in [2.24, 2.45) is 0 Å². The van der Waals surface area contributed by atoms with Gasteiger partial charge >= 0.3 is 0 Å². The molecule has 0 aliphatic heterocycles. The Hall–Kier alpha value is -0.960.